The minimum atomic E-state index is -0.308. The number of nitrogens with one attached hydrogen (secondary N) is 2. The molecule has 2 amide bonds. The van der Waals surface area contributed by atoms with Crippen LogP contribution >= 0.6 is 0 Å². The number of amides is 2. The maximum atomic E-state index is 12.9. The van der Waals surface area contributed by atoms with E-state index in [0.717, 1.165) is 11.1 Å². The molecule has 6 nitrogen and oxygen atoms in total. The Hall–Kier alpha value is -4.45. The Bertz CT molecular complexity index is 1230. The number of rotatable bonds is 8. The quantitative estimate of drug-likeness (QED) is 0.413. The highest BCUT2D eigenvalue weighted by Crippen LogP contribution is 2.19. The molecule has 1 aromatic heterocycles. The number of hydrogen-bond donors (Lipinski definition) is 2. The van der Waals surface area contributed by atoms with Gasteiger partial charge in [0, 0.05) is 23.9 Å². The fourth-order valence-electron chi connectivity index (χ4n) is 3.26. The maximum Gasteiger partial charge on any atom is 0.255 e. The summed E-state index contributed by atoms with van der Waals surface area (Å²) in [5, 5.41) is 5.72. The van der Waals surface area contributed by atoms with Gasteiger partial charge in [-0.15, -0.1) is 0 Å². The molecule has 2 N–H and O–H groups in total. The van der Waals surface area contributed by atoms with Gasteiger partial charge in [-0.1, -0.05) is 66.7 Å². The van der Waals surface area contributed by atoms with Gasteiger partial charge in [-0.05, 0) is 35.9 Å². The van der Waals surface area contributed by atoms with E-state index in [2.05, 4.69) is 15.6 Å². The number of aromatic nitrogens is 1. The number of ether oxygens (including phenoxy) is 1. The van der Waals surface area contributed by atoms with Crippen LogP contribution in [-0.4, -0.2) is 16.8 Å². The third kappa shape index (κ3) is 5.83. The van der Waals surface area contributed by atoms with Crippen molar-refractivity contribution in [3.05, 3.63) is 126 Å². The summed E-state index contributed by atoms with van der Waals surface area (Å²) in [6.07, 6.45) is 1.65. The molecule has 1 heterocycles. The van der Waals surface area contributed by atoms with Gasteiger partial charge in [0.25, 0.3) is 11.8 Å². The number of hydrogen-bond acceptors (Lipinski definition) is 4. The highest BCUT2D eigenvalue weighted by molar-refractivity contribution is 6.08. The van der Waals surface area contributed by atoms with E-state index in [-0.39, 0.29) is 18.4 Å². The van der Waals surface area contributed by atoms with Gasteiger partial charge in [-0.25, -0.2) is 4.98 Å². The third-order valence-electron chi connectivity index (χ3n) is 4.96. The van der Waals surface area contributed by atoms with Crippen molar-refractivity contribution in [1.29, 1.82) is 0 Å². The number of carbonyl (C=O) groups is 2. The second-order valence-corrected chi connectivity index (χ2v) is 7.29. The van der Waals surface area contributed by atoms with Gasteiger partial charge in [0.2, 0.25) is 5.88 Å². The first-order chi connectivity index (χ1) is 16.2. The second kappa shape index (κ2) is 10.7. The van der Waals surface area contributed by atoms with E-state index in [4.69, 9.17) is 4.74 Å². The first-order valence-corrected chi connectivity index (χ1v) is 10.5. The zero-order valence-electron chi connectivity index (χ0n) is 17.9. The molecule has 0 saturated heterocycles. The van der Waals surface area contributed by atoms with Gasteiger partial charge in [-0.2, -0.15) is 0 Å². The van der Waals surface area contributed by atoms with Crippen LogP contribution in [0.5, 0.6) is 5.88 Å². The van der Waals surface area contributed by atoms with Crippen molar-refractivity contribution in [2.24, 2.45) is 0 Å². The van der Waals surface area contributed by atoms with Crippen molar-refractivity contribution >= 4 is 17.5 Å². The first-order valence-electron chi connectivity index (χ1n) is 10.5. The van der Waals surface area contributed by atoms with Gasteiger partial charge in [-0.3, -0.25) is 9.59 Å². The summed E-state index contributed by atoms with van der Waals surface area (Å²) >= 11 is 0. The summed E-state index contributed by atoms with van der Waals surface area (Å²) in [6.45, 7) is 0.616. The Morgan fingerprint density at radius 1 is 0.758 bits per heavy atom. The molecule has 3 aromatic carbocycles. The lowest BCUT2D eigenvalue weighted by atomic mass is 10.1. The first kappa shape index (κ1) is 21.8. The molecular formula is C27H23N3O3. The summed E-state index contributed by atoms with van der Waals surface area (Å²) in [7, 11) is 0. The molecule has 0 unspecified atom stereocenters. The molecule has 0 saturated carbocycles. The number of nitrogens with zero attached hydrogens (tertiary/aromatic N) is 1. The molecule has 6 heteroatoms. The van der Waals surface area contributed by atoms with E-state index in [0.29, 0.717) is 29.3 Å². The molecule has 0 bridgehead atoms. The Balaban J connectivity index is 1.42. The number of anilines is 1. The van der Waals surface area contributed by atoms with E-state index >= 15 is 0 Å². The fourth-order valence-corrected chi connectivity index (χ4v) is 3.26. The molecule has 0 spiro atoms. The molecule has 0 aliphatic rings. The zero-order valence-corrected chi connectivity index (χ0v) is 17.9. The summed E-state index contributed by atoms with van der Waals surface area (Å²) in [6, 6.07) is 29.2. The topological polar surface area (TPSA) is 80.3 Å². The van der Waals surface area contributed by atoms with Crippen molar-refractivity contribution in [3.63, 3.8) is 0 Å². The number of carbonyl (C=O) groups excluding carboxylic acids is 2. The molecule has 0 fully saturated rings. The van der Waals surface area contributed by atoms with Crippen LogP contribution < -0.4 is 15.4 Å². The third-order valence-corrected chi connectivity index (χ3v) is 4.96. The van der Waals surface area contributed by atoms with Crippen molar-refractivity contribution < 1.29 is 14.3 Å². The molecule has 0 radical (unpaired) electrons. The molecule has 4 aromatic rings. The number of benzene rings is 3. The molecule has 4 rings (SSSR count). The van der Waals surface area contributed by atoms with Crippen molar-refractivity contribution in [1.82, 2.24) is 10.3 Å². The zero-order chi connectivity index (χ0) is 22.9. The van der Waals surface area contributed by atoms with E-state index in [1.807, 2.05) is 42.5 Å². The number of para-hydroxylation sites is 1. The minimum Gasteiger partial charge on any atom is -0.473 e. The number of pyridine rings is 1. The van der Waals surface area contributed by atoms with E-state index in [1.54, 1.807) is 60.8 Å². The standard InChI is InChI=1S/C27H23N3O3/c31-25(21-12-5-2-6-13-21)30-24-16-8-7-15-23(24)26(32)29-18-22-14-9-17-28-27(22)33-19-20-10-3-1-4-11-20/h1-17H,18-19H2,(H,29,32)(H,30,31). The average Bonchev–Trinajstić information content (AvgIpc) is 2.88. The van der Waals surface area contributed by atoms with E-state index in [1.165, 1.54) is 0 Å². The Morgan fingerprint density at radius 3 is 2.24 bits per heavy atom. The maximum absolute atomic E-state index is 12.9. The van der Waals surface area contributed by atoms with Gasteiger partial charge >= 0.3 is 0 Å². The van der Waals surface area contributed by atoms with Gasteiger partial charge < -0.3 is 15.4 Å². The minimum absolute atomic E-state index is 0.234. The Labute approximate surface area is 192 Å². The SMILES string of the molecule is O=C(Nc1ccccc1C(=O)NCc1cccnc1OCc1ccccc1)c1ccccc1. The van der Waals surface area contributed by atoms with Gasteiger partial charge in [0.05, 0.1) is 11.3 Å². The van der Waals surface area contributed by atoms with Crippen LogP contribution in [0.1, 0.15) is 31.8 Å². The molecule has 164 valence electrons. The lowest BCUT2D eigenvalue weighted by Gasteiger charge is -2.13. The van der Waals surface area contributed by atoms with Crippen LogP contribution in [0.2, 0.25) is 0 Å². The van der Waals surface area contributed by atoms with Crippen molar-refractivity contribution in [3.8, 4) is 5.88 Å². The lowest BCUT2D eigenvalue weighted by Crippen LogP contribution is -2.25. The Morgan fingerprint density at radius 2 is 1.45 bits per heavy atom. The normalized spacial score (nSPS) is 10.3. The molecular weight excluding hydrogens is 414 g/mol. The molecule has 0 aliphatic carbocycles. The van der Waals surface area contributed by atoms with Crippen LogP contribution in [0.15, 0.2) is 103 Å². The van der Waals surface area contributed by atoms with Crippen LogP contribution in [-0.2, 0) is 13.2 Å². The molecule has 0 aliphatic heterocycles. The largest absolute Gasteiger partial charge is 0.473 e. The summed E-state index contributed by atoms with van der Waals surface area (Å²) in [5.74, 6) is -0.121. The Kier molecular flexibility index (Phi) is 7.08. The monoisotopic (exact) mass is 437 g/mol. The summed E-state index contributed by atoms with van der Waals surface area (Å²) < 4.78 is 5.87. The second-order valence-electron chi connectivity index (χ2n) is 7.29. The van der Waals surface area contributed by atoms with Crippen LogP contribution in [0, 0.1) is 0 Å². The molecule has 0 atom stereocenters. The van der Waals surface area contributed by atoms with Crippen LogP contribution in [0.3, 0.4) is 0 Å². The lowest BCUT2D eigenvalue weighted by molar-refractivity contribution is 0.0951. The van der Waals surface area contributed by atoms with Gasteiger partial charge in [0.1, 0.15) is 6.61 Å². The van der Waals surface area contributed by atoms with E-state index < -0.39 is 0 Å². The fraction of sp³-hybridized carbons (Fsp3) is 0.0741. The van der Waals surface area contributed by atoms with E-state index in [9.17, 15) is 9.59 Å². The smallest absolute Gasteiger partial charge is 0.255 e. The summed E-state index contributed by atoms with van der Waals surface area (Å²) in [4.78, 5) is 29.8. The van der Waals surface area contributed by atoms with Gasteiger partial charge in [0.15, 0.2) is 0 Å². The summed E-state index contributed by atoms with van der Waals surface area (Å²) in [5.41, 5.74) is 3.12. The average molecular weight is 437 g/mol. The van der Waals surface area contributed by atoms with Crippen LogP contribution in [0.4, 0.5) is 5.69 Å². The van der Waals surface area contributed by atoms with Crippen molar-refractivity contribution in [2.75, 3.05) is 5.32 Å². The molecule has 33 heavy (non-hydrogen) atoms. The highest BCUT2D eigenvalue weighted by atomic mass is 16.5. The van der Waals surface area contributed by atoms with Crippen LogP contribution in [0.25, 0.3) is 0 Å². The predicted octanol–water partition coefficient (Wildman–Crippen LogP) is 4.84. The van der Waals surface area contributed by atoms with Crippen molar-refractivity contribution in [2.45, 2.75) is 13.2 Å². The predicted molar refractivity (Wildman–Crippen MR) is 127 cm³/mol. The highest BCUT2D eigenvalue weighted by Gasteiger charge is 2.15.